The third-order valence-electron chi connectivity index (χ3n) is 16.4. The summed E-state index contributed by atoms with van der Waals surface area (Å²) >= 11 is 0. The molecule has 10 heteroatoms. The summed E-state index contributed by atoms with van der Waals surface area (Å²) in [4.78, 5) is 36.0. The first kappa shape index (κ1) is 89.9. The Morgan fingerprint density at radius 1 is 0.330 bits per heavy atom. The Morgan fingerprint density at radius 2 is 0.574 bits per heavy atom. The van der Waals surface area contributed by atoms with Gasteiger partial charge in [-0.25, -0.2) is 4.57 Å². The SMILES string of the molecule is CC/C=C\C/C=C\C/C=C\C/C=C\C/C=C\C/C=C\C/C=C\CCCCCCCCCCCCCCCCCCCC(=O)OC(COC(=O)CCCCCCCCCCCCCCCCC/C=C\C/C=C\C/C=C\C/C=C\C/C=C\CC)COP(=O)(O)OCC[N+](C)(C)C. The molecule has 0 aromatic carbocycles. The van der Waals surface area contributed by atoms with E-state index in [0.29, 0.717) is 17.4 Å². The van der Waals surface area contributed by atoms with Crippen molar-refractivity contribution in [2.75, 3.05) is 47.5 Å². The van der Waals surface area contributed by atoms with E-state index in [-0.39, 0.29) is 32.0 Å². The van der Waals surface area contributed by atoms with Crippen molar-refractivity contribution < 1.29 is 42.1 Å². The molecule has 0 bridgehead atoms. The second-order valence-electron chi connectivity index (χ2n) is 26.6. The molecular weight excluding hydrogens is 1180 g/mol. The molecule has 0 aliphatic heterocycles. The maximum Gasteiger partial charge on any atom is 0.472 e. The Bertz CT molecular complexity index is 2100. The molecule has 0 fully saturated rings. The summed E-state index contributed by atoms with van der Waals surface area (Å²) in [6, 6.07) is 0. The van der Waals surface area contributed by atoms with Gasteiger partial charge in [-0.1, -0.05) is 339 Å². The number of phosphoric acid groups is 1. The summed E-state index contributed by atoms with van der Waals surface area (Å²) in [6.07, 6.45) is 108. The predicted molar refractivity (Wildman–Crippen MR) is 408 cm³/mol. The minimum atomic E-state index is -4.40. The predicted octanol–water partition coefficient (Wildman–Crippen LogP) is 25.7. The third-order valence-corrected chi connectivity index (χ3v) is 17.3. The molecule has 0 aliphatic carbocycles. The zero-order chi connectivity index (χ0) is 68.3. The van der Waals surface area contributed by atoms with Gasteiger partial charge in [0, 0.05) is 12.8 Å². The van der Waals surface area contributed by atoms with Gasteiger partial charge in [0.2, 0.25) is 0 Å². The van der Waals surface area contributed by atoms with Crippen molar-refractivity contribution in [1.29, 1.82) is 0 Å². The van der Waals surface area contributed by atoms with Gasteiger partial charge in [-0.2, -0.15) is 0 Å². The molecule has 9 nitrogen and oxygen atoms in total. The molecule has 0 heterocycles. The molecule has 0 rings (SSSR count). The van der Waals surface area contributed by atoms with Crippen LogP contribution >= 0.6 is 7.82 Å². The van der Waals surface area contributed by atoms with Crippen molar-refractivity contribution in [3.8, 4) is 0 Å². The maximum absolute atomic E-state index is 12.9. The van der Waals surface area contributed by atoms with Crippen molar-refractivity contribution in [3.63, 3.8) is 0 Å². The van der Waals surface area contributed by atoms with Crippen LogP contribution in [0.2, 0.25) is 0 Å². The zero-order valence-electron chi connectivity index (χ0n) is 61.4. The highest BCUT2D eigenvalue weighted by atomic mass is 31.2. The van der Waals surface area contributed by atoms with E-state index in [2.05, 4.69) is 160 Å². The number of carbonyl (C=O) groups excluding carboxylic acids is 2. The minimum absolute atomic E-state index is 0.0278. The topological polar surface area (TPSA) is 108 Å². The first-order chi connectivity index (χ1) is 46.0. The number of rotatable bonds is 70. The smallest absolute Gasteiger partial charge is 0.462 e. The quantitative estimate of drug-likeness (QED) is 0.0211. The number of hydrogen-bond acceptors (Lipinski definition) is 7. The van der Waals surface area contributed by atoms with Crippen LogP contribution in [0.4, 0.5) is 0 Å². The van der Waals surface area contributed by atoms with E-state index in [1.807, 2.05) is 21.1 Å². The Labute approximate surface area is 580 Å². The molecular formula is C84H145NO8P+. The largest absolute Gasteiger partial charge is 0.472 e. The molecule has 538 valence electrons. The van der Waals surface area contributed by atoms with E-state index in [1.165, 1.54) is 173 Å². The Kier molecular flexibility index (Phi) is 69.9. The molecule has 2 unspecified atom stereocenters. The standard InChI is InChI=1S/C84H144NO8P/c1-6-8-10-12-14-16-18-20-22-24-26-28-30-32-34-36-38-39-40-41-42-43-44-45-47-49-51-53-55-57-59-61-63-65-67-69-71-73-75-77-84(87)93-82(81-92-94(88,89)91-79-78-85(3,4)5)80-90-83(86)76-74-72-70-68-66-64-62-60-58-56-54-52-50-48-46-37-35-33-31-29-27-25-23-21-19-17-15-13-11-9-7-2/h8-11,14-17,20-23,26-29,32-35,38-39,41-42,82H,6-7,12-13,18-19,24-25,30-31,36-37,40,43-81H2,1-5H3/p+1/b10-8-,11-9-,16-14-,17-15-,22-20-,23-21-,28-26-,29-27-,34-32-,35-33-,39-38-,42-41-. The molecule has 0 amide bonds. The van der Waals surface area contributed by atoms with Gasteiger partial charge in [-0.05, 0) is 116 Å². The van der Waals surface area contributed by atoms with Crippen LogP contribution in [0.5, 0.6) is 0 Å². The van der Waals surface area contributed by atoms with Gasteiger partial charge < -0.3 is 18.9 Å². The van der Waals surface area contributed by atoms with Crippen molar-refractivity contribution in [2.45, 2.75) is 328 Å². The van der Waals surface area contributed by atoms with Crippen LogP contribution in [0.3, 0.4) is 0 Å². The van der Waals surface area contributed by atoms with E-state index in [0.717, 1.165) is 116 Å². The summed E-state index contributed by atoms with van der Waals surface area (Å²) in [5.74, 6) is -0.792. The second kappa shape index (κ2) is 73.1. The number of phosphoric ester groups is 1. The van der Waals surface area contributed by atoms with E-state index < -0.39 is 26.5 Å². The lowest BCUT2D eigenvalue weighted by Gasteiger charge is -2.24. The molecule has 0 spiro atoms. The first-order valence-electron chi connectivity index (χ1n) is 38.6. The van der Waals surface area contributed by atoms with Gasteiger partial charge in [0.25, 0.3) is 0 Å². The van der Waals surface area contributed by atoms with Crippen LogP contribution in [0.1, 0.15) is 322 Å². The van der Waals surface area contributed by atoms with Crippen molar-refractivity contribution in [1.82, 2.24) is 0 Å². The monoisotopic (exact) mass is 1330 g/mol. The van der Waals surface area contributed by atoms with Gasteiger partial charge in [-0.15, -0.1) is 0 Å². The lowest BCUT2D eigenvalue weighted by molar-refractivity contribution is -0.870. The summed E-state index contributed by atoms with van der Waals surface area (Å²) in [5.41, 5.74) is 0. The fraction of sp³-hybridized carbons (Fsp3) is 0.690. The molecule has 0 radical (unpaired) electrons. The number of quaternary nitrogens is 1. The van der Waals surface area contributed by atoms with Crippen LogP contribution in [0.25, 0.3) is 0 Å². The van der Waals surface area contributed by atoms with Crippen LogP contribution in [0, 0.1) is 0 Å². The van der Waals surface area contributed by atoms with E-state index in [9.17, 15) is 19.0 Å². The number of likely N-dealkylation sites (N-methyl/N-ethyl adjacent to an activating group) is 1. The van der Waals surface area contributed by atoms with Gasteiger partial charge >= 0.3 is 19.8 Å². The average Bonchev–Trinajstić information content (AvgIpc) is 1.56. The number of hydrogen-bond donors (Lipinski definition) is 1. The first-order valence-corrected chi connectivity index (χ1v) is 40.1. The van der Waals surface area contributed by atoms with Gasteiger partial charge in [-0.3, -0.25) is 18.6 Å². The molecule has 0 aromatic rings. The lowest BCUT2D eigenvalue weighted by Crippen LogP contribution is -2.37. The average molecular weight is 1330 g/mol. The fourth-order valence-electron chi connectivity index (χ4n) is 10.6. The van der Waals surface area contributed by atoms with Crippen LogP contribution in [-0.2, 0) is 32.7 Å². The number of allylic oxidation sites excluding steroid dienone is 24. The van der Waals surface area contributed by atoms with Gasteiger partial charge in [0.1, 0.15) is 19.8 Å². The molecule has 0 aliphatic rings. The number of ether oxygens (including phenoxy) is 2. The molecule has 0 saturated carbocycles. The van der Waals surface area contributed by atoms with Gasteiger partial charge in [0.15, 0.2) is 6.10 Å². The van der Waals surface area contributed by atoms with Crippen molar-refractivity contribution >= 4 is 19.8 Å². The number of unbranched alkanes of at least 4 members (excludes halogenated alkanes) is 32. The second-order valence-corrected chi connectivity index (χ2v) is 28.1. The third kappa shape index (κ3) is 76.9. The molecule has 2 atom stereocenters. The van der Waals surface area contributed by atoms with Crippen LogP contribution in [0.15, 0.2) is 146 Å². The van der Waals surface area contributed by atoms with E-state index in [4.69, 9.17) is 18.5 Å². The lowest BCUT2D eigenvalue weighted by atomic mass is 10.0. The highest BCUT2D eigenvalue weighted by Gasteiger charge is 2.27. The zero-order valence-corrected chi connectivity index (χ0v) is 62.3. The minimum Gasteiger partial charge on any atom is -0.462 e. The summed E-state index contributed by atoms with van der Waals surface area (Å²) < 4.78 is 34.8. The maximum atomic E-state index is 12.9. The fourth-order valence-corrected chi connectivity index (χ4v) is 11.3. The van der Waals surface area contributed by atoms with Crippen LogP contribution in [-0.4, -0.2) is 74.9 Å². The van der Waals surface area contributed by atoms with E-state index >= 15 is 0 Å². The summed E-state index contributed by atoms with van der Waals surface area (Å²) in [7, 11) is 1.48. The number of carbonyl (C=O) groups is 2. The van der Waals surface area contributed by atoms with Crippen molar-refractivity contribution in [3.05, 3.63) is 146 Å². The molecule has 1 N–H and O–H groups in total. The highest BCUT2D eigenvalue weighted by molar-refractivity contribution is 7.47. The highest BCUT2D eigenvalue weighted by Crippen LogP contribution is 2.43. The van der Waals surface area contributed by atoms with Gasteiger partial charge in [0.05, 0.1) is 27.7 Å². The molecule has 0 saturated heterocycles. The molecule has 94 heavy (non-hydrogen) atoms. The summed E-state index contributed by atoms with van der Waals surface area (Å²) in [5, 5.41) is 0. The summed E-state index contributed by atoms with van der Waals surface area (Å²) in [6.45, 7) is 4.23. The van der Waals surface area contributed by atoms with Crippen molar-refractivity contribution in [2.24, 2.45) is 0 Å². The Hall–Kier alpha value is -4.11. The number of nitrogens with zero attached hydrogens (tertiary/aromatic N) is 1. The Morgan fingerprint density at radius 3 is 0.851 bits per heavy atom. The van der Waals surface area contributed by atoms with E-state index in [1.54, 1.807) is 0 Å². The Balaban J connectivity index is 4.00. The van der Waals surface area contributed by atoms with Crippen LogP contribution < -0.4 is 0 Å². The normalized spacial score (nSPS) is 13.9. The number of esters is 2. The molecule has 0 aromatic heterocycles.